The standard InChI is InChI=1S/C21H21FN4O/c1-16-20(15-27)21(26(23-16)19-9-5-6-17(22)14-19)25-12-10-24(11-13-25)18-7-3-2-4-8-18/h2-9,14-15H,10-13H2,1H3. The van der Waals surface area contributed by atoms with E-state index in [4.69, 9.17) is 0 Å². The first-order chi connectivity index (χ1) is 13.2. The lowest BCUT2D eigenvalue weighted by atomic mass is 10.2. The third-order valence-corrected chi connectivity index (χ3v) is 4.95. The van der Waals surface area contributed by atoms with Crippen molar-refractivity contribution in [2.24, 2.45) is 0 Å². The Morgan fingerprint density at radius 1 is 0.926 bits per heavy atom. The van der Waals surface area contributed by atoms with Crippen LogP contribution < -0.4 is 9.80 Å². The number of rotatable bonds is 4. The van der Waals surface area contributed by atoms with Gasteiger partial charge in [-0.1, -0.05) is 24.3 Å². The zero-order chi connectivity index (χ0) is 18.8. The number of piperazine rings is 1. The average molecular weight is 364 g/mol. The van der Waals surface area contributed by atoms with Crippen molar-refractivity contribution in [1.29, 1.82) is 0 Å². The van der Waals surface area contributed by atoms with Gasteiger partial charge in [0.05, 0.1) is 16.9 Å². The zero-order valence-electron chi connectivity index (χ0n) is 15.2. The molecule has 0 radical (unpaired) electrons. The van der Waals surface area contributed by atoms with Crippen LogP contribution in [0, 0.1) is 12.7 Å². The summed E-state index contributed by atoms with van der Waals surface area (Å²) >= 11 is 0. The van der Waals surface area contributed by atoms with Crippen molar-refractivity contribution in [3.8, 4) is 5.69 Å². The maximum Gasteiger partial charge on any atom is 0.155 e. The Labute approximate surface area is 157 Å². The molecule has 2 aromatic carbocycles. The highest BCUT2D eigenvalue weighted by atomic mass is 19.1. The lowest BCUT2D eigenvalue weighted by molar-refractivity contribution is 0.112. The number of hydrogen-bond acceptors (Lipinski definition) is 4. The predicted octanol–water partition coefficient (Wildman–Crippen LogP) is 3.46. The van der Waals surface area contributed by atoms with E-state index in [-0.39, 0.29) is 5.82 Å². The summed E-state index contributed by atoms with van der Waals surface area (Å²) in [5, 5.41) is 4.51. The lowest BCUT2D eigenvalue weighted by Gasteiger charge is -2.37. The van der Waals surface area contributed by atoms with Gasteiger partial charge >= 0.3 is 0 Å². The first-order valence-electron chi connectivity index (χ1n) is 9.03. The molecule has 1 aliphatic heterocycles. The van der Waals surface area contributed by atoms with E-state index in [9.17, 15) is 9.18 Å². The summed E-state index contributed by atoms with van der Waals surface area (Å²) in [6, 6.07) is 16.6. The van der Waals surface area contributed by atoms with Crippen LogP contribution in [0.5, 0.6) is 0 Å². The van der Waals surface area contributed by atoms with Crippen LogP contribution in [0.25, 0.3) is 5.69 Å². The second-order valence-corrected chi connectivity index (χ2v) is 6.64. The Morgan fingerprint density at radius 2 is 1.59 bits per heavy atom. The van der Waals surface area contributed by atoms with Crippen molar-refractivity contribution in [3.05, 3.63) is 71.7 Å². The smallest absolute Gasteiger partial charge is 0.155 e. The van der Waals surface area contributed by atoms with E-state index in [1.807, 2.05) is 25.1 Å². The van der Waals surface area contributed by atoms with Crippen LogP contribution in [-0.2, 0) is 0 Å². The second-order valence-electron chi connectivity index (χ2n) is 6.64. The number of benzene rings is 2. The molecule has 138 valence electrons. The lowest BCUT2D eigenvalue weighted by Crippen LogP contribution is -2.47. The fraction of sp³-hybridized carbons (Fsp3) is 0.238. The highest BCUT2D eigenvalue weighted by molar-refractivity contribution is 5.85. The molecule has 0 atom stereocenters. The molecule has 4 rings (SSSR count). The Kier molecular flexibility index (Phi) is 4.62. The summed E-state index contributed by atoms with van der Waals surface area (Å²) in [5.41, 5.74) is 3.02. The largest absolute Gasteiger partial charge is 0.368 e. The van der Waals surface area contributed by atoms with Gasteiger partial charge in [0.1, 0.15) is 11.6 Å². The summed E-state index contributed by atoms with van der Waals surface area (Å²) in [4.78, 5) is 16.2. The fourth-order valence-corrected chi connectivity index (χ4v) is 3.57. The van der Waals surface area contributed by atoms with E-state index in [0.29, 0.717) is 16.9 Å². The molecule has 1 aliphatic rings. The molecular weight excluding hydrogens is 343 g/mol. The van der Waals surface area contributed by atoms with E-state index in [1.165, 1.54) is 17.8 Å². The van der Waals surface area contributed by atoms with Gasteiger partial charge in [-0.15, -0.1) is 0 Å². The Balaban J connectivity index is 1.65. The van der Waals surface area contributed by atoms with Crippen LogP contribution in [0.1, 0.15) is 16.1 Å². The van der Waals surface area contributed by atoms with Crippen LogP contribution in [-0.4, -0.2) is 42.2 Å². The Bertz CT molecular complexity index is 946. The summed E-state index contributed by atoms with van der Waals surface area (Å²) < 4.78 is 15.4. The summed E-state index contributed by atoms with van der Waals surface area (Å²) in [6.45, 7) is 5.01. The van der Waals surface area contributed by atoms with Crippen LogP contribution >= 0.6 is 0 Å². The summed E-state index contributed by atoms with van der Waals surface area (Å²) in [5.74, 6) is 0.411. The summed E-state index contributed by atoms with van der Waals surface area (Å²) in [6.07, 6.45) is 0.844. The van der Waals surface area contributed by atoms with Gasteiger partial charge in [-0.05, 0) is 37.3 Å². The SMILES string of the molecule is Cc1nn(-c2cccc(F)c2)c(N2CCN(c3ccccc3)CC2)c1C=O. The third kappa shape index (κ3) is 3.30. The number of hydrogen-bond donors (Lipinski definition) is 0. The van der Waals surface area contributed by atoms with Crippen LogP contribution in [0.2, 0.25) is 0 Å². The molecule has 0 aliphatic carbocycles. The van der Waals surface area contributed by atoms with Crippen molar-refractivity contribution in [1.82, 2.24) is 9.78 Å². The van der Waals surface area contributed by atoms with E-state index >= 15 is 0 Å². The number of para-hydroxylation sites is 1. The van der Waals surface area contributed by atoms with Gasteiger partial charge in [0.25, 0.3) is 0 Å². The van der Waals surface area contributed by atoms with Crippen LogP contribution in [0.15, 0.2) is 54.6 Å². The van der Waals surface area contributed by atoms with Gasteiger partial charge < -0.3 is 9.80 Å². The molecular formula is C21H21FN4O. The second kappa shape index (κ2) is 7.23. The van der Waals surface area contributed by atoms with Gasteiger partial charge in [-0.3, -0.25) is 4.79 Å². The fourth-order valence-electron chi connectivity index (χ4n) is 3.57. The Morgan fingerprint density at radius 3 is 2.26 bits per heavy atom. The molecule has 0 saturated carbocycles. The molecule has 3 aromatic rings. The van der Waals surface area contributed by atoms with Crippen LogP contribution in [0.3, 0.4) is 0 Å². The highest BCUT2D eigenvalue weighted by Gasteiger charge is 2.25. The van der Waals surface area contributed by atoms with Crippen molar-refractivity contribution in [2.75, 3.05) is 36.0 Å². The maximum atomic E-state index is 13.7. The predicted molar refractivity (Wildman–Crippen MR) is 105 cm³/mol. The van der Waals surface area contributed by atoms with Gasteiger partial charge in [0, 0.05) is 31.9 Å². The molecule has 0 unspecified atom stereocenters. The number of halogens is 1. The molecule has 2 heterocycles. The minimum atomic E-state index is -0.326. The number of aryl methyl sites for hydroxylation is 1. The van der Waals surface area contributed by atoms with Crippen molar-refractivity contribution in [3.63, 3.8) is 0 Å². The van der Waals surface area contributed by atoms with Gasteiger partial charge in [-0.25, -0.2) is 9.07 Å². The molecule has 0 amide bonds. The maximum absolute atomic E-state index is 13.7. The number of nitrogens with zero attached hydrogens (tertiary/aromatic N) is 4. The minimum Gasteiger partial charge on any atom is -0.368 e. The molecule has 1 saturated heterocycles. The molecule has 5 nitrogen and oxygen atoms in total. The topological polar surface area (TPSA) is 41.4 Å². The molecule has 0 N–H and O–H groups in total. The number of carbonyl (C=O) groups is 1. The Hall–Kier alpha value is -3.15. The average Bonchev–Trinajstić information content (AvgIpc) is 3.05. The van der Waals surface area contributed by atoms with Gasteiger partial charge in [0.2, 0.25) is 0 Å². The zero-order valence-corrected chi connectivity index (χ0v) is 15.2. The van der Waals surface area contributed by atoms with E-state index in [0.717, 1.165) is 38.3 Å². The number of carbonyl (C=O) groups excluding carboxylic acids is 1. The highest BCUT2D eigenvalue weighted by Crippen LogP contribution is 2.28. The van der Waals surface area contributed by atoms with Gasteiger partial charge in [-0.2, -0.15) is 5.10 Å². The first kappa shape index (κ1) is 17.3. The molecule has 0 spiro atoms. The van der Waals surface area contributed by atoms with Crippen molar-refractivity contribution >= 4 is 17.8 Å². The van der Waals surface area contributed by atoms with E-state index < -0.39 is 0 Å². The number of aldehydes is 1. The molecule has 0 bridgehead atoms. The normalized spacial score (nSPS) is 14.4. The van der Waals surface area contributed by atoms with E-state index in [1.54, 1.807) is 16.8 Å². The molecule has 27 heavy (non-hydrogen) atoms. The third-order valence-electron chi connectivity index (χ3n) is 4.95. The minimum absolute atomic E-state index is 0.326. The van der Waals surface area contributed by atoms with Crippen molar-refractivity contribution < 1.29 is 9.18 Å². The van der Waals surface area contributed by atoms with Gasteiger partial charge in [0.15, 0.2) is 6.29 Å². The van der Waals surface area contributed by atoms with E-state index in [2.05, 4.69) is 27.0 Å². The first-order valence-corrected chi connectivity index (χ1v) is 9.03. The molecule has 1 aromatic heterocycles. The monoisotopic (exact) mass is 364 g/mol. The molecule has 6 heteroatoms. The molecule has 1 fully saturated rings. The number of aromatic nitrogens is 2. The quantitative estimate of drug-likeness (QED) is 0.665. The van der Waals surface area contributed by atoms with Crippen molar-refractivity contribution in [2.45, 2.75) is 6.92 Å². The summed E-state index contributed by atoms with van der Waals surface area (Å²) in [7, 11) is 0. The van der Waals surface area contributed by atoms with Crippen LogP contribution in [0.4, 0.5) is 15.9 Å². The number of anilines is 2.